The monoisotopic (exact) mass is 472 g/mol. The highest BCUT2D eigenvalue weighted by atomic mass is 16.5. The quantitative estimate of drug-likeness (QED) is 0.281. The minimum absolute atomic E-state index is 0.218. The van der Waals surface area contributed by atoms with Crippen molar-refractivity contribution in [1.29, 1.82) is 0 Å². The number of ether oxygens (including phenoxy) is 1. The van der Waals surface area contributed by atoms with E-state index in [1.807, 2.05) is 6.92 Å². The van der Waals surface area contributed by atoms with Crippen molar-refractivity contribution in [1.82, 2.24) is 25.3 Å². The zero-order valence-corrected chi connectivity index (χ0v) is 19.0. The average molecular weight is 473 g/mol. The number of rotatable bonds is 9. The molecule has 4 aromatic rings. The lowest BCUT2D eigenvalue weighted by atomic mass is 10.1. The number of nitrogens with one attached hydrogen (secondary N) is 2. The number of benzene rings is 2. The number of ketones is 1. The highest BCUT2D eigenvalue weighted by Crippen LogP contribution is 2.21. The third kappa shape index (κ3) is 5.49. The van der Waals surface area contributed by atoms with Crippen molar-refractivity contribution in [2.24, 2.45) is 0 Å². The second-order valence-corrected chi connectivity index (χ2v) is 7.64. The molecule has 0 aliphatic carbocycles. The van der Waals surface area contributed by atoms with E-state index >= 15 is 0 Å². The van der Waals surface area contributed by atoms with E-state index in [4.69, 9.17) is 4.74 Å². The molecule has 2 N–H and O–H groups in total. The summed E-state index contributed by atoms with van der Waals surface area (Å²) in [6, 6.07) is 18.6. The topological polar surface area (TPSA) is 128 Å². The van der Waals surface area contributed by atoms with Gasteiger partial charge >= 0.3 is 6.09 Å². The molecule has 2 amide bonds. The van der Waals surface area contributed by atoms with Crippen molar-refractivity contribution < 1.29 is 19.1 Å². The van der Waals surface area contributed by atoms with Gasteiger partial charge in [0.05, 0.1) is 17.8 Å². The Morgan fingerprint density at radius 3 is 2.57 bits per heavy atom. The molecule has 178 valence electrons. The summed E-state index contributed by atoms with van der Waals surface area (Å²) in [5.74, 6) is -0.981. The Kier molecular flexibility index (Phi) is 7.41. The summed E-state index contributed by atoms with van der Waals surface area (Å²) in [7, 11) is 0. The lowest BCUT2D eigenvalue weighted by Crippen LogP contribution is -2.41. The largest absolute Gasteiger partial charge is 0.450 e. The number of fused-ring (bicyclic) bond motifs is 1. The molecular weight excluding hydrogens is 448 g/mol. The summed E-state index contributed by atoms with van der Waals surface area (Å²) < 4.78 is 6.49. The van der Waals surface area contributed by atoms with Gasteiger partial charge in [0.25, 0.3) is 5.91 Å². The fraction of sp³-hybridized carbons (Fsp3) is 0.200. The van der Waals surface area contributed by atoms with E-state index in [0.29, 0.717) is 17.5 Å². The van der Waals surface area contributed by atoms with E-state index in [1.54, 1.807) is 66.7 Å². The zero-order valence-electron chi connectivity index (χ0n) is 19.0. The summed E-state index contributed by atoms with van der Waals surface area (Å²) in [6.45, 7) is 2.19. The Hall–Kier alpha value is -4.60. The van der Waals surface area contributed by atoms with Crippen molar-refractivity contribution in [3.8, 4) is 0 Å². The van der Waals surface area contributed by atoms with Crippen molar-refractivity contribution in [3.63, 3.8) is 0 Å². The minimum atomic E-state index is -1.28. The number of hydrogen-bond donors (Lipinski definition) is 2. The van der Waals surface area contributed by atoms with Crippen LogP contribution < -0.4 is 10.6 Å². The number of alkyl carbamates (subject to hydrolysis) is 1. The Bertz CT molecular complexity index is 1340. The normalized spacial score (nSPS) is 11.6. The lowest BCUT2D eigenvalue weighted by Gasteiger charge is -2.20. The van der Waals surface area contributed by atoms with Crippen LogP contribution in [0.3, 0.4) is 0 Å². The molecule has 2 aromatic heterocycles. The Labute approximate surface area is 201 Å². The van der Waals surface area contributed by atoms with Gasteiger partial charge < -0.3 is 10.1 Å². The predicted octanol–water partition coefficient (Wildman–Crippen LogP) is 3.72. The third-order valence-electron chi connectivity index (χ3n) is 5.18. The Morgan fingerprint density at radius 2 is 1.77 bits per heavy atom. The molecule has 0 aliphatic rings. The standard InChI is InChI=1S/C25H24N6O4/c1-2-3-16-35-25(34)28-23(31-21-14-7-6-12-19(21)29-30-31)24(33)27-18-11-5-4-10-17(18)22(32)20-13-8-9-15-26-20/h4-15,23H,2-3,16H2,1H3,(H,27,33)(H,28,34). The van der Waals surface area contributed by atoms with Crippen molar-refractivity contribution in [2.75, 3.05) is 11.9 Å². The second-order valence-electron chi connectivity index (χ2n) is 7.64. The smallest absolute Gasteiger partial charge is 0.409 e. The van der Waals surface area contributed by atoms with Gasteiger partial charge in [0.1, 0.15) is 11.2 Å². The van der Waals surface area contributed by atoms with Gasteiger partial charge in [-0.05, 0) is 42.8 Å². The fourth-order valence-corrected chi connectivity index (χ4v) is 3.40. The van der Waals surface area contributed by atoms with Crippen LogP contribution >= 0.6 is 0 Å². The molecule has 0 aliphatic heterocycles. The molecule has 4 rings (SSSR count). The molecule has 0 fully saturated rings. The molecule has 2 heterocycles. The molecule has 2 aromatic carbocycles. The highest BCUT2D eigenvalue weighted by Gasteiger charge is 2.27. The fourth-order valence-electron chi connectivity index (χ4n) is 3.40. The van der Waals surface area contributed by atoms with Crippen molar-refractivity contribution in [2.45, 2.75) is 25.9 Å². The van der Waals surface area contributed by atoms with Crippen LogP contribution in [-0.4, -0.2) is 44.4 Å². The molecule has 10 heteroatoms. The van der Waals surface area contributed by atoms with Crippen LogP contribution in [0.1, 0.15) is 42.0 Å². The molecule has 0 spiro atoms. The summed E-state index contributed by atoms with van der Waals surface area (Å²) in [4.78, 5) is 43.0. The van der Waals surface area contributed by atoms with Crippen LogP contribution in [0.4, 0.5) is 10.5 Å². The van der Waals surface area contributed by atoms with Gasteiger partial charge in [-0.15, -0.1) is 5.10 Å². The second kappa shape index (κ2) is 11.0. The van der Waals surface area contributed by atoms with E-state index in [-0.39, 0.29) is 29.3 Å². The SMILES string of the molecule is CCCCOC(=O)NC(C(=O)Nc1ccccc1C(=O)c1ccccn1)n1nnc2ccccc21. The van der Waals surface area contributed by atoms with Gasteiger partial charge in [-0.25, -0.2) is 9.48 Å². The summed E-state index contributed by atoms with van der Waals surface area (Å²) in [5.41, 5.74) is 1.86. The molecule has 10 nitrogen and oxygen atoms in total. The number of para-hydroxylation sites is 2. The van der Waals surface area contributed by atoms with Crippen LogP contribution in [0, 0.1) is 0 Å². The third-order valence-corrected chi connectivity index (χ3v) is 5.18. The molecule has 1 unspecified atom stereocenters. The van der Waals surface area contributed by atoms with Gasteiger partial charge in [0, 0.05) is 11.8 Å². The van der Waals surface area contributed by atoms with Crippen LogP contribution in [-0.2, 0) is 9.53 Å². The maximum atomic E-state index is 13.4. The number of pyridine rings is 1. The molecule has 1 atom stereocenters. The molecule has 0 radical (unpaired) electrons. The zero-order chi connectivity index (χ0) is 24.6. The number of anilines is 1. The molecule has 0 saturated carbocycles. The van der Waals surface area contributed by atoms with Crippen LogP contribution in [0.2, 0.25) is 0 Å². The van der Waals surface area contributed by atoms with Gasteiger partial charge in [0.15, 0.2) is 0 Å². The van der Waals surface area contributed by atoms with Gasteiger partial charge in [-0.2, -0.15) is 0 Å². The molecule has 0 saturated heterocycles. The van der Waals surface area contributed by atoms with Crippen molar-refractivity contribution in [3.05, 3.63) is 84.2 Å². The first-order chi connectivity index (χ1) is 17.1. The number of carbonyl (C=O) groups excluding carboxylic acids is 3. The van der Waals surface area contributed by atoms with Crippen LogP contribution in [0.25, 0.3) is 11.0 Å². The lowest BCUT2D eigenvalue weighted by molar-refractivity contribution is -0.120. The van der Waals surface area contributed by atoms with Crippen LogP contribution in [0.5, 0.6) is 0 Å². The number of hydrogen-bond acceptors (Lipinski definition) is 7. The Balaban J connectivity index is 1.63. The predicted molar refractivity (Wildman–Crippen MR) is 129 cm³/mol. The highest BCUT2D eigenvalue weighted by molar-refractivity contribution is 6.13. The maximum absolute atomic E-state index is 13.4. The molecular formula is C25H24N6O4. The van der Waals surface area contributed by atoms with E-state index in [9.17, 15) is 14.4 Å². The molecule has 0 bridgehead atoms. The number of carbonyl (C=O) groups is 3. The van der Waals surface area contributed by atoms with E-state index in [2.05, 4.69) is 25.9 Å². The first kappa shape index (κ1) is 23.6. The maximum Gasteiger partial charge on any atom is 0.409 e. The summed E-state index contributed by atoms with van der Waals surface area (Å²) >= 11 is 0. The Morgan fingerprint density at radius 1 is 1.00 bits per heavy atom. The summed E-state index contributed by atoms with van der Waals surface area (Å²) in [6.07, 6.45) is 1.02. The number of aromatic nitrogens is 4. The van der Waals surface area contributed by atoms with E-state index < -0.39 is 18.2 Å². The van der Waals surface area contributed by atoms with Gasteiger partial charge in [-0.3, -0.25) is 19.9 Å². The number of unbranched alkanes of at least 4 members (excludes halogenated alkanes) is 1. The van der Waals surface area contributed by atoms with Crippen LogP contribution in [0.15, 0.2) is 72.9 Å². The average Bonchev–Trinajstić information content (AvgIpc) is 3.32. The molecule has 35 heavy (non-hydrogen) atoms. The summed E-state index contributed by atoms with van der Waals surface area (Å²) in [5, 5.41) is 13.4. The van der Waals surface area contributed by atoms with E-state index in [1.165, 1.54) is 10.9 Å². The number of nitrogens with zero attached hydrogens (tertiary/aromatic N) is 4. The van der Waals surface area contributed by atoms with Gasteiger partial charge in [0.2, 0.25) is 11.9 Å². The number of amides is 2. The first-order valence-corrected chi connectivity index (χ1v) is 11.2. The minimum Gasteiger partial charge on any atom is -0.450 e. The van der Waals surface area contributed by atoms with E-state index in [0.717, 1.165) is 6.42 Å². The first-order valence-electron chi connectivity index (χ1n) is 11.2. The van der Waals surface area contributed by atoms with Gasteiger partial charge in [-0.1, -0.05) is 48.9 Å². The van der Waals surface area contributed by atoms with Crippen molar-refractivity contribution >= 4 is 34.5 Å².